The Morgan fingerprint density at radius 2 is 1.11 bits per heavy atom. The summed E-state index contributed by atoms with van der Waals surface area (Å²) in [7, 11) is -0.382. The van der Waals surface area contributed by atoms with Gasteiger partial charge in [0.05, 0.1) is 75.8 Å². The van der Waals surface area contributed by atoms with Gasteiger partial charge in [0, 0.05) is 93.3 Å². The fraction of sp³-hybridized carbons (Fsp3) is 0.516. The van der Waals surface area contributed by atoms with Crippen LogP contribution in [0.25, 0.3) is 33.5 Å². The molecule has 4 N–H and O–H groups in total. The number of likely N-dealkylation sites (tertiary alicyclic amines) is 2. The van der Waals surface area contributed by atoms with Crippen molar-refractivity contribution in [1.29, 1.82) is 0 Å². The molecule has 22 heteroatoms. The van der Waals surface area contributed by atoms with Crippen LogP contribution in [0.2, 0.25) is 5.15 Å². The Balaban J connectivity index is 0.000000161. The van der Waals surface area contributed by atoms with Gasteiger partial charge in [0.25, 0.3) is 0 Å². The molecule has 5 aliphatic rings. The van der Waals surface area contributed by atoms with Crippen LogP contribution in [0, 0.1) is 25.7 Å². The number of nitrogens with one attached hydrogen (secondary N) is 2. The predicted molar refractivity (Wildman–Crippen MR) is 331 cm³/mol. The van der Waals surface area contributed by atoms with Gasteiger partial charge < -0.3 is 59.2 Å². The number of hydrogen-bond donors (Lipinski definition) is 4. The molecule has 0 unspecified atom stereocenters. The number of benzene rings is 2. The fourth-order valence-corrected chi connectivity index (χ4v) is 11.1. The van der Waals surface area contributed by atoms with E-state index in [0.717, 1.165) is 151 Å². The van der Waals surface area contributed by atoms with Crippen LogP contribution < -0.4 is 25.9 Å². The smallest absolute Gasteiger partial charge is 0.399 e. The molecular weight excluding hydrogens is 1090 g/mol. The van der Waals surface area contributed by atoms with Crippen LogP contribution in [0.1, 0.15) is 78.4 Å². The molecule has 0 radical (unpaired) electrons. The molecule has 20 nitrogen and oxygen atoms in total. The predicted octanol–water partition coefficient (Wildman–Crippen LogP) is 9.00. The summed E-state index contributed by atoms with van der Waals surface area (Å²) >= 11 is 6.36. The summed E-state index contributed by atoms with van der Waals surface area (Å²) in [5.41, 5.74) is 9.86. The van der Waals surface area contributed by atoms with Crippen molar-refractivity contribution in [3.63, 3.8) is 0 Å². The third kappa shape index (κ3) is 15.4. The molecule has 84 heavy (non-hydrogen) atoms. The second-order valence-electron chi connectivity index (χ2n) is 23.3. The standard InChI is InChI=1S/C28H36N6O3.C23H29ClN4O2.C11H19BN2O3/c1-3-21-6-7-33(18-21)28(36)30-24-5-4-20(2)25(16-24)22-14-26(23-17-29-34(19-23)8-11-35)31-27(15-22)32-9-12-37-13-10-32;1-3-17-6-7-28(15-17)23(29)25-19-5-4-16(2)20(14-19)18-12-21(24)26-22(13-18)27-8-10-30-11-9-27;1-10(2)11(3,4)17-12(16-10)9-7-13-14(8-9)5-6-15/h4-5,14-17,19,21,35H,3,6-13,18H2,1-2H3,(H,30,36);4-5,12-14,17H,3,6-11,15H2,1-2H3,(H,25,29);7-8,15H,5-6H2,1-4H3/t21-;17-;/m11./s1. The third-order valence-corrected chi connectivity index (χ3v) is 17.1. The highest BCUT2D eigenvalue weighted by molar-refractivity contribution is 6.62. The van der Waals surface area contributed by atoms with E-state index in [0.29, 0.717) is 56.5 Å². The van der Waals surface area contributed by atoms with E-state index in [1.54, 1.807) is 21.8 Å². The number of carbonyl (C=O) groups is 2. The van der Waals surface area contributed by atoms with E-state index >= 15 is 0 Å². The minimum absolute atomic E-state index is 0.0254. The summed E-state index contributed by atoms with van der Waals surface area (Å²) in [6.07, 6.45) is 11.6. The zero-order chi connectivity index (χ0) is 59.5. The van der Waals surface area contributed by atoms with Gasteiger partial charge in [-0.15, -0.1) is 0 Å². The molecule has 5 fully saturated rings. The summed E-state index contributed by atoms with van der Waals surface area (Å²) in [5.74, 6) is 2.95. The van der Waals surface area contributed by atoms with Gasteiger partial charge >= 0.3 is 19.2 Å². The lowest BCUT2D eigenvalue weighted by atomic mass is 9.82. The lowest BCUT2D eigenvalue weighted by Gasteiger charge is -2.32. The quantitative estimate of drug-likeness (QED) is 0.0593. The molecular formula is C62H84BClN12O8. The number of carbonyl (C=O) groups excluding carboxylic acids is 2. The molecule has 6 aromatic rings. The number of urea groups is 2. The molecule has 450 valence electrons. The first-order valence-electron chi connectivity index (χ1n) is 29.7. The molecule has 0 saturated carbocycles. The van der Waals surface area contributed by atoms with Gasteiger partial charge in [0.15, 0.2) is 0 Å². The van der Waals surface area contributed by atoms with Gasteiger partial charge in [-0.25, -0.2) is 19.6 Å². The summed E-state index contributed by atoms with van der Waals surface area (Å²) in [5, 5.41) is 33.3. The van der Waals surface area contributed by atoms with Crippen molar-refractivity contribution < 1.29 is 38.6 Å². The van der Waals surface area contributed by atoms with Crippen molar-refractivity contribution in [3.8, 4) is 33.5 Å². The highest BCUT2D eigenvalue weighted by Crippen LogP contribution is 2.38. The highest BCUT2D eigenvalue weighted by atomic mass is 35.5. The maximum absolute atomic E-state index is 12.9. The number of aliphatic hydroxyl groups is 2. The van der Waals surface area contributed by atoms with E-state index in [2.05, 4.69) is 93.6 Å². The molecule has 5 aliphatic heterocycles. The van der Waals surface area contributed by atoms with Gasteiger partial charge in [-0.3, -0.25) is 9.36 Å². The van der Waals surface area contributed by atoms with Crippen LogP contribution in [0.3, 0.4) is 0 Å². The minimum atomic E-state index is -0.382. The van der Waals surface area contributed by atoms with Gasteiger partial charge in [-0.2, -0.15) is 10.2 Å². The van der Waals surface area contributed by atoms with Gasteiger partial charge in [0.1, 0.15) is 16.8 Å². The van der Waals surface area contributed by atoms with Crippen molar-refractivity contribution in [3.05, 3.63) is 102 Å². The van der Waals surface area contributed by atoms with Crippen molar-refractivity contribution in [2.45, 2.75) is 105 Å². The zero-order valence-corrected chi connectivity index (χ0v) is 50.9. The van der Waals surface area contributed by atoms with Crippen molar-refractivity contribution in [1.82, 2.24) is 39.3 Å². The van der Waals surface area contributed by atoms with E-state index in [4.69, 9.17) is 40.5 Å². The number of aliphatic hydroxyl groups excluding tert-OH is 2. The molecule has 5 saturated heterocycles. The summed E-state index contributed by atoms with van der Waals surface area (Å²) in [6, 6.07) is 20.2. The minimum Gasteiger partial charge on any atom is -0.399 e. The normalized spacial score (nSPS) is 19.2. The maximum atomic E-state index is 12.9. The topological polar surface area (TPSA) is 210 Å². The number of amides is 4. The first kappa shape index (κ1) is 62.0. The molecule has 0 aliphatic carbocycles. The Labute approximate surface area is 499 Å². The lowest BCUT2D eigenvalue weighted by Crippen LogP contribution is -2.41. The molecule has 0 spiro atoms. The van der Waals surface area contributed by atoms with Crippen molar-refractivity contribution in [2.75, 3.05) is 112 Å². The Morgan fingerprint density at radius 3 is 1.60 bits per heavy atom. The molecule has 2 aromatic carbocycles. The SMILES string of the molecule is CC1(C)OB(c2cnn(CCO)c2)OC1(C)C.CC[C@@H]1CCN(C(=O)Nc2ccc(C)c(-c3cc(-c4cnn(CCO)c4)nc(N4CCOCC4)c3)c2)C1.CC[C@@H]1CCN(C(=O)Nc2ccc(C)c(-c3cc(Cl)nc(N4CCOCC4)c3)c2)C1. The fourth-order valence-electron chi connectivity index (χ4n) is 10.9. The van der Waals surface area contributed by atoms with Crippen molar-refractivity contribution >= 4 is 59.3 Å². The summed E-state index contributed by atoms with van der Waals surface area (Å²) in [6.45, 7) is 26.8. The number of pyridine rings is 2. The van der Waals surface area contributed by atoms with Crippen LogP contribution >= 0.6 is 11.6 Å². The molecule has 0 bridgehead atoms. The second-order valence-corrected chi connectivity index (χ2v) is 23.7. The Kier molecular flexibility index (Phi) is 20.7. The van der Waals surface area contributed by atoms with Gasteiger partial charge in [-0.05, 0) is 148 Å². The molecule has 4 amide bonds. The van der Waals surface area contributed by atoms with E-state index in [1.807, 2.05) is 80.2 Å². The number of aryl methyl sites for hydroxylation is 2. The van der Waals surface area contributed by atoms with Gasteiger partial charge in [-0.1, -0.05) is 50.4 Å². The first-order chi connectivity index (χ1) is 40.4. The van der Waals surface area contributed by atoms with Crippen molar-refractivity contribution in [2.24, 2.45) is 11.8 Å². The van der Waals surface area contributed by atoms with E-state index in [9.17, 15) is 14.7 Å². The Bertz CT molecular complexity index is 3170. The highest BCUT2D eigenvalue weighted by Gasteiger charge is 2.52. The lowest BCUT2D eigenvalue weighted by molar-refractivity contribution is 0.00578. The number of aromatic nitrogens is 6. The summed E-state index contributed by atoms with van der Waals surface area (Å²) in [4.78, 5) is 43.4. The first-order valence-corrected chi connectivity index (χ1v) is 30.1. The molecule has 11 rings (SSSR count). The molecule has 4 aromatic heterocycles. The number of ether oxygens (including phenoxy) is 2. The van der Waals surface area contributed by atoms with E-state index < -0.39 is 0 Å². The maximum Gasteiger partial charge on any atom is 0.498 e. The summed E-state index contributed by atoms with van der Waals surface area (Å²) < 4.78 is 26.2. The van der Waals surface area contributed by atoms with Crippen LogP contribution in [-0.2, 0) is 31.9 Å². The number of halogens is 1. The number of morpholine rings is 2. The van der Waals surface area contributed by atoms with Gasteiger partial charge in [0.2, 0.25) is 0 Å². The van der Waals surface area contributed by atoms with Crippen LogP contribution in [-0.4, -0.2) is 172 Å². The number of hydrogen-bond acceptors (Lipinski definition) is 14. The number of rotatable bonds is 14. The van der Waals surface area contributed by atoms with Crippen LogP contribution in [0.15, 0.2) is 85.5 Å². The Morgan fingerprint density at radius 1 is 0.631 bits per heavy atom. The molecule has 9 heterocycles. The van der Waals surface area contributed by atoms with E-state index in [-0.39, 0.29) is 43.6 Å². The van der Waals surface area contributed by atoms with E-state index in [1.165, 1.54) is 0 Å². The zero-order valence-electron chi connectivity index (χ0n) is 50.2. The Hall–Kier alpha value is -6.59. The number of anilines is 4. The average Bonchev–Trinajstić information content (AvgIpc) is 3.15. The number of nitrogens with zero attached hydrogens (tertiary/aromatic N) is 10. The third-order valence-electron chi connectivity index (χ3n) is 16.9. The van der Waals surface area contributed by atoms with Crippen LogP contribution in [0.4, 0.5) is 32.6 Å². The average molecular weight is 1170 g/mol. The van der Waals surface area contributed by atoms with Crippen LogP contribution in [0.5, 0.6) is 0 Å². The molecule has 2 atom stereocenters. The monoisotopic (exact) mass is 1170 g/mol. The second kappa shape index (κ2) is 28.1. The largest absolute Gasteiger partial charge is 0.498 e.